The molecule has 0 spiro atoms. The number of nitrogens with one attached hydrogen (secondary N) is 1. The molecule has 190 valence electrons. The zero-order valence-corrected chi connectivity index (χ0v) is 20.8. The molecule has 1 aromatic rings. The largest absolute Gasteiger partial charge is 0.379 e. The Bertz CT molecular complexity index is 853. The van der Waals surface area contributed by atoms with Crippen molar-refractivity contribution in [3.63, 3.8) is 0 Å². The molecule has 1 aliphatic carbocycles. The highest BCUT2D eigenvalue weighted by Gasteiger charge is 2.33. The van der Waals surface area contributed by atoms with Crippen LogP contribution in [0.3, 0.4) is 0 Å². The van der Waals surface area contributed by atoms with Gasteiger partial charge < -0.3 is 10.1 Å². The van der Waals surface area contributed by atoms with E-state index >= 15 is 0 Å². The van der Waals surface area contributed by atoms with E-state index in [1.54, 1.807) is 18.5 Å². The molecule has 2 aliphatic rings. The van der Waals surface area contributed by atoms with Gasteiger partial charge in [0.1, 0.15) is 0 Å². The summed E-state index contributed by atoms with van der Waals surface area (Å²) in [5.41, 5.74) is 0.911. The molecule has 1 aromatic heterocycles. The van der Waals surface area contributed by atoms with Crippen molar-refractivity contribution in [2.75, 3.05) is 51.8 Å². The van der Waals surface area contributed by atoms with Crippen molar-refractivity contribution in [3.05, 3.63) is 36.2 Å². The first-order valence-corrected chi connectivity index (χ1v) is 14.0. The van der Waals surface area contributed by atoms with Crippen molar-refractivity contribution in [2.24, 2.45) is 0 Å². The molecule has 0 bridgehead atoms. The highest BCUT2D eigenvalue weighted by atomic mass is 32.2. The monoisotopic (exact) mass is 494 g/mol. The predicted molar refractivity (Wildman–Crippen MR) is 131 cm³/mol. The number of sulfonamides is 1. The number of hydrogen-bond acceptors (Lipinski definition) is 7. The second kappa shape index (κ2) is 14.5. The molecule has 1 saturated heterocycles. The van der Waals surface area contributed by atoms with Crippen molar-refractivity contribution in [3.8, 4) is 0 Å². The molecule has 2 fully saturated rings. The number of morpholine rings is 1. The molecule has 1 aliphatic heterocycles. The number of unbranched alkanes of at least 4 members (excludes halogenated alkanes) is 2. The van der Waals surface area contributed by atoms with Gasteiger partial charge in [0.25, 0.3) is 0 Å². The Morgan fingerprint density at radius 2 is 1.91 bits per heavy atom. The van der Waals surface area contributed by atoms with Crippen molar-refractivity contribution >= 4 is 22.0 Å². The van der Waals surface area contributed by atoms with E-state index < -0.39 is 10.0 Å². The van der Waals surface area contributed by atoms with Crippen LogP contribution in [0, 0.1) is 0 Å². The zero-order valence-electron chi connectivity index (χ0n) is 19.9. The number of hydrogen-bond donors (Lipinski definition) is 1. The highest BCUT2D eigenvalue weighted by molar-refractivity contribution is 7.88. The number of aromatic nitrogens is 1. The SMILES string of the molecule is O=C(/C=C/c1ccncc1)NCCCCCS(=O)(=O)N(OCCN1CCOCC1)C1CCCC1. The Kier molecular flexibility index (Phi) is 11.4. The number of pyridine rings is 1. The molecule has 10 heteroatoms. The van der Waals surface area contributed by atoms with E-state index in [4.69, 9.17) is 9.57 Å². The minimum absolute atomic E-state index is 0.0545. The minimum atomic E-state index is -3.49. The molecule has 34 heavy (non-hydrogen) atoms. The van der Waals surface area contributed by atoms with Gasteiger partial charge in [-0.05, 0) is 49.5 Å². The third-order valence-corrected chi connectivity index (χ3v) is 7.89. The minimum Gasteiger partial charge on any atom is -0.379 e. The summed E-state index contributed by atoms with van der Waals surface area (Å²) in [5.74, 6) is -0.0951. The van der Waals surface area contributed by atoms with E-state index in [2.05, 4.69) is 15.2 Å². The standard InChI is InChI=1S/C24H38N4O5S/c29-24(9-8-22-10-13-25-14-11-22)26-12-4-1-5-21-34(30,31)28(23-6-2-3-7-23)33-20-17-27-15-18-32-19-16-27/h8-11,13-14,23H,1-7,12,15-21H2,(H,26,29)/b9-8+. The first kappa shape index (κ1) is 26.7. The van der Waals surface area contributed by atoms with Gasteiger partial charge >= 0.3 is 0 Å². The van der Waals surface area contributed by atoms with Gasteiger partial charge in [-0.1, -0.05) is 23.7 Å². The Morgan fingerprint density at radius 1 is 1.18 bits per heavy atom. The molecule has 3 rings (SSSR count). The van der Waals surface area contributed by atoms with Crippen LogP contribution < -0.4 is 5.32 Å². The summed E-state index contributed by atoms with van der Waals surface area (Å²) < 4.78 is 32.8. The third kappa shape index (κ3) is 9.42. The molecule has 0 radical (unpaired) electrons. The van der Waals surface area contributed by atoms with E-state index in [9.17, 15) is 13.2 Å². The molecule has 1 N–H and O–H groups in total. The highest BCUT2D eigenvalue weighted by Crippen LogP contribution is 2.26. The fourth-order valence-electron chi connectivity index (χ4n) is 4.21. The van der Waals surface area contributed by atoms with Crippen molar-refractivity contribution in [2.45, 2.75) is 51.0 Å². The quantitative estimate of drug-likeness (QED) is 0.240. The van der Waals surface area contributed by atoms with Crippen LogP contribution in [0.2, 0.25) is 0 Å². The van der Waals surface area contributed by atoms with Crippen molar-refractivity contribution < 1.29 is 22.8 Å². The number of carbonyl (C=O) groups is 1. The van der Waals surface area contributed by atoms with Gasteiger partial charge in [-0.15, -0.1) is 0 Å². The molecule has 2 heterocycles. The Hall–Kier alpha value is -1.85. The lowest BCUT2D eigenvalue weighted by Gasteiger charge is -2.30. The Morgan fingerprint density at radius 3 is 2.65 bits per heavy atom. The summed E-state index contributed by atoms with van der Waals surface area (Å²) in [6.45, 7) is 4.73. The lowest BCUT2D eigenvalue weighted by Crippen LogP contribution is -2.43. The molecule has 0 aromatic carbocycles. The molecular weight excluding hydrogens is 456 g/mol. The van der Waals surface area contributed by atoms with Crippen LogP contribution in [0.1, 0.15) is 50.5 Å². The van der Waals surface area contributed by atoms with Crippen molar-refractivity contribution in [1.82, 2.24) is 19.7 Å². The van der Waals surface area contributed by atoms with Crippen LogP contribution in [-0.2, 0) is 24.4 Å². The summed E-state index contributed by atoms with van der Waals surface area (Å²) in [6.07, 6.45) is 12.4. The fourth-order valence-corrected chi connectivity index (χ4v) is 5.85. The van der Waals surface area contributed by atoms with E-state index in [0.29, 0.717) is 39.3 Å². The molecule has 0 atom stereocenters. The van der Waals surface area contributed by atoms with Crippen LogP contribution in [-0.4, -0.2) is 86.5 Å². The van der Waals surface area contributed by atoms with Gasteiger partial charge in [0.2, 0.25) is 15.9 Å². The summed E-state index contributed by atoms with van der Waals surface area (Å²) in [5, 5.41) is 2.84. The first-order chi connectivity index (χ1) is 16.5. The van der Waals surface area contributed by atoms with Gasteiger partial charge in [-0.25, -0.2) is 8.42 Å². The van der Waals surface area contributed by atoms with Crippen LogP contribution in [0.4, 0.5) is 0 Å². The zero-order chi connectivity index (χ0) is 24.1. The third-order valence-electron chi connectivity index (χ3n) is 6.14. The smallest absolute Gasteiger partial charge is 0.243 e. The maximum Gasteiger partial charge on any atom is 0.243 e. The molecule has 1 saturated carbocycles. The first-order valence-electron chi connectivity index (χ1n) is 12.4. The Balaban J connectivity index is 1.35. The number of amides is 1. The van der Waals surface area contributed by atoms with Gasteiger partial charge in [0.15, 0.2) is 0 Å². The molecule has 1 amide bonds. The fraction of sp³-hybridized carbons (Fsp3) is 0.667. The van der Waals surface area contributed by atoms with Gasteiger partial charge in [0.05, 0.1) is 31.6 Å². The van der Waals surface area contributed by atoms with E-state index in [1.807, 2.05) is 12.1 Å². The van der Waals surface area contributed by atoms with Gasteiger partial charge in [0, 0.05) is 44.6 Å². The normalized spacial score (nSPS) is 18.1. The lowest BCUT2D eigenvalue weighted by atomic mass is 10.2. The van der Waals surface area contributed by atoms with Crippen LogP contribution in [0.25, 0.3) is 6.08 Å². The van der Waals surface area contributed by atoms with E-state index in [1.165, 1.54) is 10.5 Å². The number of rotatable bonds is 14. The summed E-state index contributed by atoms with van der Waals surface area (Å²) >= 11 is 0. The van der Waals surface area contributed by atoms with Gasteiger partial charge in [-0.3, -0.25) is 19.5 Å². The average molecular weight is 495 g/mol. The van der Waals surface area contributed by atoms with Crippen LogP contribution >= 0.6 is 0 Å². The summed E-state index contributed by atoms with van der Waals surface area (Å²) in [7, 11) is -3.49. The predicted octanol–water partition coefficient (Wildman–Crippen LogP) is 2.22. The van der Waals surface area contributed by atoms with Crippen LogP contribution in [0.15, 0.2) is 30.6 Å². The topological polar surface area (TPSA) is 101 Å². The number of ether oxygens (including phenoxy) is 1. The van der Waals surface area contributed by atoms with Gasteiger partial charge in [-0.2, -0.15) is 0 Å². The number of nitrogens with zero attached hydrogens (tertiary/aromatic N) is 3. The second-order valence-corrected chi connectivity index (χ2v) is 10.7. The second-order valence-electron chi connectivity index (χ2n) is 8.76. The lowest BCUT2D eigenvalue weighted by molar-refractivity contribution is -0.118. The summed E-state index contributed by atoms with van der Waals surface area (Å²) in [6, 6.07) is 3.60. The maximum absolute atomic E-state index is 13.0. The number of carbonyl (C=O) groups excluding carboxylic acids is 1. The average Bonchev–Trinajstić information content (AvgIpc) is 3.38. The van der Waals surface area contributed by atoms with Crippen molar-refractivity contribution in [1.29, 1.82) is 0 Å². The van der Waals surface area contributed by atoms with E-state index in [-0.39, 0.29) is 17.7 Å². The Labute approximate surface area is 203 Å². The summed E-state index contributed by atoms with van der Waals surface area (Å²) in [4.78, 5) is 24.0. The van der Waals surface area contributed by atoms with E-state index in [0.717, 1.165) is 57.2 Å². The van der Waals surface area contributed by atoms with Crippen LogP contribution in [0.5, 0.6) is 0 Å². The number of hydroxylamine groups is 1. The molecule has 0 unspecified atom stereocenters. The maximum atomic E-state index is 13.0. The molecular formula is C24H38N4O5S. The molecule has 9 nitrogen and oxygen atoms in total.